The van der Waals surface area contributed by atoms with Crippen LogP contribution in [-0.2, 0) is 22.4 Å². The lowest BCUT2D eigenvalue weighted by molar-refractivity contribution is -0.137. The molecule has 4 N–H and O–H groups in total. The number of hydrogen-bond donors (Lipinski definition) is 3. The average Bonchev–Trinajstić information content (AvgIpc) is 2.15. The van der Waals surface area contributed by atoms with Crippen LogP contribution in [0.2, 0.25) is 0 Å². The first-order valence-corrected chi connectivity index (χ1v) is 4.80. The molecule has 5 nitrogen and oxygen atoms in total. The molecule has 0 aliphatic rings. The van der Waals surface area contributed by atoms with E-state index in [-0.39, 0.29) is 12.8 Å². The molecule has 0 bridgehead atoms. The molecular formula is C11H13NO4. The lowest BCUT2D eigenvalue weighted by atomic mass is 10.00. The summed E-state index contributed by atoms with van der Waals surface area (Å²) in [4.78, 5) is 21.0. The summed E-state index contributed by atoms with van der Waals surface area (Å²) in [5.41, 5.74) is 7.33. The van der Waals surface area contributed by atoms with Gasteiger partial charge in [0.1, 0.15) is 0 Å². The molecule has 1 aromatic rings. The second-order valence-electron chi connectivity index (χ2n) is 3.49. The molecule has 0 aliphatic carbocycles. The van der Waals surface area contributed by atoms with Gasteiger partial charge < -0.3 is 15.9 Å². The quantitative estimate of drug-likeness (QED) is 0.644. The number of anilines is 1. The molecule has 0 spiro atoms. The van der Waals surface area contributed by atoms with Crippen molar-refractivity contribution in [3.63, 3.8) is 0 Å². The van der Waals surface area contributed by atoms with Crippen molar-refractivity contribution in [3.8, 4) is 0 Å². The lowest BCUT2D eigenvalue weighted by Crippen LogP contribution is -2.06. The number of aryl methyl sites for hydroxylation is 1. The van der Waals surface area contributed by atoms with E-state index in [1.165, 1.54) is 0 Å². The molecular weight excluding hydrogens is 210 g/mol. The van der Waals surface area contributed by atoms with Crippen molar-refractivity contribution >= 4 is 17.6 Å². The van der Waals surface area contributed by atoms with E-state index in [2.05, 4.69) is 0 Å². The minimum Gasteiger partial charge on any atom is -0.481 e. The minimum absolute atomic E-state index is 0.0173. The van der Waals surface area contributed by atoms with Crippen molar-refractivity contribution in [1.82, 2.24) is 0 Å². The highest BCUT2D eigenvalue weighted by atomic mass is 16.4. The van der Waals surface area contributed by atoms with Crippen LogP contribution in [0.1, 0.15) is 17.5 Å². The Morgan fingerprint density at radius 1 is 1.12 bits per heavy atom. The maximum atomic E-state index is 10.6. The molecule has 0 radical (unpaired) electrons. The standard InChI is InChI=1S/C11H13NO4/c12-9-3-1-7(2-4-10(13)14)8(5-9)6-11(15)16/h1,3,5H,2,4,6,12H2,(H,13,14)(H,15,16). The number of rotatable bonds is 5. The van der Waals surface area contributed by atoms with Gasteiger partial charge >= 0.3 is 11.9 Å². The highest BCUT2D eigenvalue weighted by Gasteiger charge is 2.08. The normalized spacial score (nSPS) is 10.0. The van der Waals surface area contributed by atoms with Crippen molar-refractivity contribution < 1.29 is 19.8 Å². The van der Waals surface area contributed by atoms with Crippen molar-refractivity contribution in [2.75, 3.05) is 5.73 Å². The van der Waals surface area contributed by atoms with Gasteiger partial charge in [0, 0.05) is 12.1 Å². The van der Waals surface area contributed by atoms with Gasteiger partial charge in [0.2, 0.25) is 0 Å². The van der Waals surface area contributed by atoms with Gasteiger partial charge in [-0.1, -0.05) is 6.07 Å². The van der Waals surface area contributed by atoms with Gasteiger partial charge in [-0.2, -0.15) is 0 Å². The Hall–Kier alpha value is -2.04. The highest BCUT2D eigenvalue weighted by molar-refractivity contribution is 5.72. The van der Waals surface area contributed by atoms with Crippen LogP contribution in [0.25, 0.3) is 0 Å². The van der Waals surface area contributed by atoms with E-state index < -0.39 is 11.9 Å². The van der Waals surface area contributed by atoms with E-state index in [1.54, 1.807) is 18.2 Å². The van der Waals surface area contributed by atoms with Crippen LogP contribution in [0.5, 0.6) is 0 Å². The molecule has 0 aliphatic heterocycles. The van der Waals surface area contributed by atoms with E-state index in [0.717, 1.165) is 5.56 Å². The first-order chi connectivity index (χ1) is 7.49. The van der Waals surface area contributed by atoms with Gasteiger partial charge in [-0.05, 0) is 29.7 Å². The Morgan fingerprint density at radius 2 is 1.81 bits per heavy atom. The predicted octanol–water partition coefficient (Wildman–Crippen LogP) is 0.913. The molecule has 0 saturated heterocycles. The van der Waals surface area contributed by atoms with Gasteiger partial charge in [0.05, 0.1) is 6.42 Å². The van der Waals surface area contributed by atoms with Crippen LogP contribution in [0, 0.1) is 0 Å². The fourth-order valence-corrected chi connectivity index (χ4v) is 1.46. The molecule has 0 amide bonds. The zero-order valence-electron chi connectivity index (χ0n) is 8.64. The summed E-state index contributed by atoms with van der Waals surface area (Å²) in [6.07, 6.45) is 0.161. The summed E-state index contributed by atoms with van der Waals surface area (Å²) in [6.45, 7) is 0. The van der Waals surface area contributed by atoms with Gasteiger partial charge in [0.25, 0.3) is 0 Å². The third-order valence-electron chi connectivity index (χ3n) is 2.18. The molecule has 16 heavy (non-hydrogen) atoms. The zero-order valence-corrected chi connectivity index (χ0v) is 8.64. The Balaban J connectivity index is 2.88. The number of aliphatic carboxylic acids is 2. The number of carboxylic acid groups (broad SMARTS) is 2. The topological polar surface area (TPSA) is 101 Å². The van der Waals surface area contributed by atoms with E-state index in [4.69, 9.17) is 15.9 Å². The van der Waals surface area contributed by atoms with Gasteiger partial charge in [-0.25, -0.2) is 0 Å². The fourth-order valence-electron chi connectivity index (χ4n) is 1.46. The third-order valence-corrected chi connectivity index (χ3v) is 2.18. The Bertz CT molecular complexity index is 414. The summed E-state index contributed by atoms with van der Waals surface area (Å²) < 4.78 is 0. The van der Waals surface area contributed by atoms with Gasteiger partial charge in [-0.15, -0.1) is 0 Å². The molecule has 5 heteroatoms. The summed E-state index contributed by atoms with van der Waals surface area (Å²) in [6, 6.07) is 4.89. The zero-order chi connectivity index (χ0) is 12.1. The minimum atomic E-state index is -0.956. The molecule has 0 fully saturated rings. The second kappa shape index (κ2) is 5.16. The number of carboxylic acids is 2. The molecule has 86 valence electrons. The lowest BCUT2D eigenvalue weighted by Gasteiger charge is -2.07. The Kier molecular flexibility index (Phi) is 3.88. The molecule has 0 unspecified atom stereocenters. The third kappa shape index (κ3) is 3.61. The van der Waals surface area contributed by atoms with Crippen LogP contribution >= 0.6 is 0 Å². The molecule has 0 atom stereocenters. The maximum Gasteiger partial charge on any atom is 0.307 e. The van der Waals surface area contributed by atoms with E-state index in [9.17, 15) is 9.59 Å². The van der Waals surface area contributed by atoms with Gasteiger partial charge in [0.15, 0.2) is 0 Å². The Morgan fingerprint density at radius 3 is 2.38 bits per heavy atom. The van der Waals surface area contributed by atoms with Crippen molar-refractivity contribution in [1.29, 1.82) is 0 Å². The molecule has 0 heterocycles. The maximum absolute atomic E-state index is 10.6. The molecule has 1 rings (SSSR count). The Labute approximate surface area is 92.5 Å². The highest BCUT2D eigenvalue weighted by Crippen LogP contribution is 2.16. The molecule has 1 aromatic carbocycles. The monoisotopic (exact) mass is 223 g/mol. The number of nitrogens with two attached hydrogens (primary N) is 1. The fraction of sp³-hybridized carbons (Fsp3) is 0.273. The van der Waals surface area contributed by atoms with Crippen molar-refractivity contribution in [3.05, 3.63) is 29.3 Å². The van der Waals surface area contributed by atoms with Crippen LogP contribution in [0.15, 0.2) is 18.2 Å². The van der Waals surface area contributed by atoms with Crippen LogP contribution in [0.4, 0.5) is 5.69 Å². The molecule has 0 aromatic heterocycles. The largest absolute Gasteiger partial charge is 0.481 e. The molecule has 0 saturated carbocycles. The van der Waals surface area contributed by atoms with Crippen molar-refractivity contribution in [2.45, 2.75) is 19.3 Å². The average molecular weight is 223 g/mol. The van der Waals surface area contributed by atoms with E-state index >= 15 is 0 Å². The van der Waals surface area contributed by atoms with Gasteiger partial charge in [-0.3, -0.25) is 9.59 Å². The second-order valence-corrected chi connectivity index (χ2v) is 3.49. The van der Waals surface area contributed by atoms with Crippen molar-refractivity contribution in [2.24, 2.45) is 0 Å². The summed E-state index contributed by atoms with van der Waals surface area (Å²) in [7, 11) is 0. The smallest absolute Gasteiger partial charge is 0.307 e. The summed E-state index contributed by atoms with van der Waals surface area (Å²) >= 11 is 0. The number of benzene rings is 1. The van der Waals surface area contributed by atoms with Crippen LogP contribution < -0.4 is 5.73 Å². The number of nitrogen functional groups attached to an aromatic ring is 1. The van der Waals surface area contributed by atoms with Crippen LogP contribution in [-0.4, -0.2) is 22.2 Å². The first-order valence-electron chi connectivity index (χ1n) is 4.80. The van der Waals surface area contributed by atoms with Crippen LogP contribution in [0.3, 0.4) is 0 Å². The van der Waals surface area contributed by atoms with E-state index in [1.807, 2.05) is 0 Å². The summed E-state index contributed by atoms with van der Waals surface area (Å²) in [5, 5.41) is 17.3. The summed E-state index contributed by atoms with van der Waals surface area (Å²) in [5.74, 6) is -1.86. The number of carbonyl (C=O) groups is 2. The SMILES string of the molecule is Nc1ccc(CCC(=O)O)c(CC(=O)O)c1. The predicted molar refractivity (Wildman–Crippen MR) is 58.2 cm³/mol. The first kappa shape index (κ1) is 12.0. The number of hydrogen-bond acceptors (Lipinski definition) is 3. The van der Waals surface area contributed by atoms with E-state index in [0.29, 0.717) is 17.7 Å².